The van der Waals surface area contributed by atoms with Crippen LogP contribution in [0.1, 0.15) is 121 Å². The monoisotopic (exact) mass is 412 g/mol. The highest BCUT2D eigenvalue weighted by Gasteiger charge is 2.30. The highest BCUT2D eigenvalue weighted by Crippen LogP contribution is 2.44. The Bertz CT molecular complexity index is 593. The van der Waals surface area contributed by atoms with E-state index in [4.69, 9.17) is 0 Å². The molecule has 30 heavy (non-hydrogen) atoms. The molecule has 0 aliphatic heterocycles. The molecule has 0 nitrogen and oxygen atoms in total. The molecule has 0 spiro atoms. The minimum Gasteiger partial charge on any atom is -0.207 e. The summed E-state index contributed by atoms with van der Waals surface area (Å²) >= 11 is 0. The number of unbranched alkanes of at least 4 members (excludes halogenated alkanes) is 6. The van der Waals surface area contributed by atoms with Crippen LogP contribution in [0.15, 0.2) is 36.4 Å². The smallest absolute Gasteiger partial charge is 0.123 e. The van der Waals surface area contributed by atoms with Crippen LogP contribution in [0.5, 0.6) is 0 Å². The first-order chi connectivity index (χ1) is 14.8. The molecule has 1 fully saturated rings. The molecule has 1 aromatic carbocycles. The number of hydrogen-bond acceptors (Lipinski definition) is 0. The standard InChI is InChI=1S/C29H45F/c1-2-3-4-5-6-7-9-12-24-15-17-26(18-16-24)29(23-25-13-10-8-11-14-25)27-19-21-28(30)22-20-27/h8,10,19-22,24-26,29H,2-7,9,11-18,23H2,1H3. The minimum absolute atomic E-state index is 0.100. The van der Waals surface area contributed by atoms with E-state index < -0.39 is 0 Å². The molecule has 0 heterocycles. The van der Waals surface area contributed by atoms with Gasteiger partial charge in [0.05, 0.1) is 0 Å². The van der Waals surface area contributed by atoms with Gasteiger partial charge < -0.3 is 0 Å². The van der Waals surface area contributed by atoms with Gasteiger partial charge >= 0.3 is 0 Å². The third-order valence-electron chi connectivity index (χ3n) is 7.94. The lowest BCUT2D eigenvalue weighted by atomic mass is 9.69. The molecule has 0 saturated heterocycles. The fourth-order valence-electron chi connectivity index (χ4n) is 6.01. The number of benzene rings is 1. The summed E-state index contributed by atoms with van der Waals surface area (Å²) in [6.45, 7) is 2.29. The molecule has 0 radical (unpaired) electrons. The molecule has 2 unspecified atom stereocenters. The average Bonchev–Trinajstić information content (AvgIpc) is 2.79. The van der Waals surface area contributed by atoms with Crippen molar-refractivity contribution in [3.05, 3.63) is 47.8 Å². The zero-order valence-corrected chi connectivity index (χ0v) is 19.5. The molecule has 168 valence electrons. The molecule has 1 aromatic rings. The van der Waals surface area contributed by atoms with Gasteiger partial charge in [0.1, 0.15) is 5.82 Å². The third kappa shape index (κ3) is 7.86. The average molecular weight is 413 g/mol. The summed E-state index contributed by atoms with van der Waals surface area (Å²) in [4.78, 5) is 0. The first-order valence-electron chi connectivity index (χ1n) is 13.2. The molecule has 0 amide bonds. The van der Waals surface area contributed by atoms with Crippen molar-refractivity contribution < 1.29 is 4.39 Å². The van der Waals surface area contributed by atoms with E-state index in [0.717, 1.165) is 17.8 Å². The van der Waals surface area contributed by atoms with Gasteiger partial charge in [-0.05, 0) is 79.9 Å². The molecule has 2 atom stereocenters. The largest absolute Gasteiger partial charge is 0.207 e. The lowest BCUT2D eigenvalue weighted by Crippen LogP contribution is -2.23. The number of allylic oxidation sites excluding steroid dienone is 2. The van der Waals surface area contributed by atoms with Crippen molar-refractivity contribution in [3.8, 4) is 0 Å². The van der Waals surface area contributed by atoms with E-state index in [1.165, 1.54) is 108 Å². The summed E-state index contributed by atoms with van der Waals surface area (Å²) < 4.78 is 13.5. The minimum atomic E-state index is -0.100. The Morgan fingerprint density at radius 3 is 2.17 bits per heavy atom. The van der Waals surface area contributed by atoms with Gasteiger partial charge in [0.2, 0.25) is 0 Å². The van der Waals surface area contributed by atoms with Gasteiger partial charge in [-0.25, -0.2) is 4.39 Å². The summed E-state index contributed by atoms with van der Waals surface area (Å²) in [5, 5.41) is 0. The predicted molar refractivity (Wildman–Crippen MR) is 128 cm³/mol. The van der Waals surface area contributed by atoms with E-state index in [1.807, 2.05) is 0 Å². The van der Waals surface area contributed by atoms with Crippen LogP contribution in [0.4, 0.5) is 4.39 Å². The molecule has 0 aromatic heterocycles. The first-order valence-corrected chi connectivity index (χ1v) is 13.2. The van der Waals surface area contributed by atoms with Crippen molar-refractivity contribution in [2.75, 3.05) is 0 Å². The summed E-state index contributed by atoms with van der Waals surface area (Å²) in [5.41, 5.74) is 1.39. The van der Waals surface area contributed by atoms with Crippen molar-refractivity contribution in [3.63, 3.8) is 0 Å². The topological polar surface area (TPSA) is 0 Å². The maximum atomic E-state index is 13.5. The van der Waals surface area contributed by atoms with Crippen LogP contribution in [0.3, 0.4) is 0 Å². The molecular weight excluding hydrogens is 367 g/mol. The van der Waals surface area contributed by atoms with E-state index in [1.54, 1.807) is 12.1 Å². The van der Waals surface area contributed by atoms with Gasteiger partial charge in [-0.2, -0.15) is 0 Å². The predicted octanol–water partition coefficient (Wildman–Crippen LogP) is 9.60. The quantitative estimate of drug-likeness (QED) is 0.237. The Balaban J connectivity index is 1.45. The van der Waals surface area contributed by atoms with Gasteiger partial charge in [-0.1, -0.05) is 95.4 Å². The molecule has 2 aliphatic carbocycles. The van der Waals surface area contributed by atoms with Crippen LogP contribution < -0.4 is 0 Å². The molecule has 1 saturated carbocycles. The second-order valence-corrected chi connectivity index (χ2v) is 10.2. The van der Waals surface area contributed by atoms with E-state index in [-0.39, 0.29) is 5.82 Å². The van der Waals surface area contributed by atoms with Crippen LogP contribution in [0, 0.1) is 23.6 Å². The van der Waals surface area contributed by atoms with Gasteiger partial charge in [0.15, 0.2) is 0 Å². The fourth-order valence-corrected chi connectivity index (χ4v) is 6.01. The fraction of sp³-hybridized carbons (Fsp3) is 0.724. The van der Waals surface area contributed by atoms with Crippen LogP contribution in [0.25, 0.3) is 0 Å². The van der Waals surface area contributed by atoms with E-state index in [2.05, 4.69) is 31.2 Å². The van der Waals surface area contributed by atoms with Crippen LogP contribution in [-0.4, -0.2) is 0 Å². The van der Waals surface area contributed by atoms with Gasteiger partial charge in [-0.15, -0.1) is 0 Å². The van der Waals surface area contributed by atoms with Gasteiger partial charge in [0.25, 0.3) is 0 Å². The van der Waals surface area contributed by atoms with Crippen molar-refractivity contribution in [2.24, 2.45) is 17.8 Å². The van der Waals surface area contributed by atoms with Gasteiger partial charge in [0, 0.05) is 0 Å². The second kappa shape index (κ2) is 13.3. The summed E-state index contributed by atoms with van der Waals surface area (Å²) in [7, 11) is 0. The normalized spacial score (nSPS) is 25.3. The highest BCUT2D eigenvalue weighted by molar-refractivity contribution is 5.22. The van der Waals surface area contributed by atoms with Crippen molar-refractivity contribution in [2.45, 2.75) is 116 Å². The molecule has 3 rings (SSSR count). The van der Waals surface area contributed by atoms with Crippen molar-refractivity contribution >= 4 is 0 Å². The Labute approximate surface area is 185 Å². The first kappa shape index (κ1) is 23.6. The van der Waals surface area contributed by atoms with Crippen LogP contribution in [-0.2, 0) is 0 Å². The molecule has 0 bridgehead atoms. The van der Waals surface area contributed by atoms with E-state index in [9.17, 15) is 4.39 Å². The maximum Gasteiger partial charge on any atom is 0.123 e. The van der Waals surface area contributed by atoms with Crippen LogP contribution in [0.2, 0.25) is 0 Å². The maximum absolute atomic E-state index is 13.5. The Hall–Kier alpha value is -1.11. The lowest BCUT2D eigenvalue weighted by Gasteiger charge is -2.36. The summed E-state index contributed by atoms with van der Waals surface area (Å²) in [6, 6.07) is 7.50. The number of halogens is 1. The van der Waals surface area contributed by atoms with Crippen molar-refractivity contribution in [1.29, 1.82) is 0 Å². The van der Waals surface area contributed by atoms with Gasteiger partial charge in [-0.3, -0.25) is 0 Å². The summed E-state index contributed by atoms with van der Waals surface area (Å²) in [5.74, 6) is 3.10. The Morgan fingerprint density at radius 1 is 0.800 bits per heavy atom. The van der Waals surface area contributed by atoms with E-state index >= 15 is 0 Å². The number of hydrogen-bond donors (Lipinski definition) is 0. The van der Waals surface area contributed by atoms with Crippen molar-refractivity contribution in [1.82, 2.24) is 0 Å². The SMILES string of the molecule is CCCCCCCCCC1CCC(C(CC2CC=CCC2)c2ccc(F)cc2)CC1. The molecule has 0 N–H and O–H groups in total. The van der Waals surface area contributed by atoms with E-state index in [0.29, 0.717) is 5.92 Å². The molecule has 2 aliphatic rings. The lowest BCUT2D eigenvalue weighted by molar-refractivity contribution is 0.209. The molecule has 1 heteroatoms. The zero-order valence-electron chi connectivity index (χ0n) is 19.5. The zero-order chi connectivity index (χ0) is 21.0. The Morgan fingerprint density at radius 2 is 1.50 bits per heavy atom. The van der Waals surface area contributed by atoms with Crippen LogP contribution >= 0.6 is 0 Å². The third-order valence-corrected chi connectivity index (χ3v) is 7.94. The highest BCUT2D eigenvalue weighted by atomic mass is 19.1. The number of rotatable bonds is 12. The summed E-state index contributed by atoms with van der Waals surface area (Å²) in [6.07, 6.45) is 26.9. The molecular formula is C29H45F. The second-order valence-electron chi connectivity index (χ2n) is 10.2. The Kier molecular flexibility index (Phi) is 10.5.